The van der Waals surface area contributed by atoms with E-state index in [9.17, 15) is 0 Å². The highest BCUT2D eigenvalue weighted by molar-refractivity contribution is 4.64. The van der Waals surface area contributed by atoms with Crippen LogP contribution in [0.4, 0.5) is 0 Å². The highest BCUT2D eigenvalue weighted by Gasteiger charge is 2.11. The van der Waals surface area contributed by atoms with E-state index in [0.29, 0.717) is 12.5 Å². The van der Waals surface area contributed by atoms with E-state index in [-0.39, 0.29) is 0 Å². The maximum absolute atomic E-state index is 9.16. The fourth-order valence-corrected chi connectivity index (χ4v) is 2.16. The van der Waals surface area contributed by atoms with Gasteiger partial charge in [-0.15, -0.1) is 0 Å². The third-order valence-corrected chi connectivity index (χ3v) is 3.15. The maximum atomic E-state index is 9.16. The molecule has 0 aliphatic carbocycles. The molecule has 0 aromatic heterocycles. The number of morpholine rings is 1. The predicted molar refractivity (Wildman–Crippen MR) is 62.0 cm³/mol. The standard InChI is InChI=1S/C12H25NO2/c1-2-4-12(11-14)5-3-6-13-7-9-15-10-8-13/h12,14H,2-11H2,1H3. The molecule has 0 bridgehead atoms. The zero-order chi connectivity index (χ0) is 10.9. The molecule has 0 amide bonds. The van der Waals surface area contributed by atoms with Crippen LogP contribution in [0.15, 0.2) is 0 Å². The highest BCUT2D eigenvalue weighted by Crippen LogP contribution is 2.13. The monoisotopic (exact) mass is 215 g/mol. The molecule has 1 rings (SSSR count). The summed E-state index contributed by atoms with van der Waals surface area (Å²) in [5.41, 5.74) is 0. The van der Waals surface area contributed by atoms with E-state index in [2.05, 4.69) is 11.8 Å². The zero-order valence-electron chi connectivity index (χ0n) is 9.95. The molecular weight excluding hydrogens is 190 g/mol. The Labute approximate surface area is 93.4 Å². The van der Waals surface area contributed by atoms with Crippen LogP contribution in [0.1, 0.15) is 32.6 Å². The number of aliphatic hydroxyl groups excluding tert-OH is 1. The SMILES string of the molecule is CCCC(CO)CCCN1CCOCC1. The van der Waals surface area contributed by atoms with Crippen LogP contribution in [0.2, 0.25) is 0 Å². The minimum absolute atomic E-state index is 0.358. The van der Waals surface area contributed by atoms with Crippen LogP contribution in [0.5, 0.6) is 0 Å². The summed E-state index contributed by atoms with van der Waals surface area (Å²) in [6, 6.07) is 0. The first kappa shape index (κ1) is 12.9. The molecule has 1 unspecified atom stereocenters. The first-order chi connectivity index (χ1) is 7.36. The summed E-state index contributed by atoms with van der Waals surface area (Å²) in [5, 5.41) is 9.16. The molecule has 3 nitrogen and oxygen atoms in total. The van der Waals surface area contributed by atoms with Gasteiger partial charge in [-0.05, 0) is 31.7 Å². The topological polar surface area (TPSA) is 32.7 Å². The van der Waals surface area contributed by atoms with Crippen molar-refractivity contribution in [1.29, 1.82) is 0 Å². The Morgan fingerprint density at radius 1 is 1.27 bits per heavy atom. The van der Waals surface area contributed by atoms with Crippen molar-refractivity contribution >= 4 is 0 Å². The van der Waals surface area contributed by atoms with Gasteiger partial charge in [-0.2, -0.15) is 0 Å². The normalized spacial score (nSPS) is 20.4. The molecule has 1 atom stereocenters. The van der Waals surface area contributed by atoms with E-state index in [1.807, 2.05) is 0 Å². The van der Waals surface area contributed by atoms with Gasteiger partial charge in [0.1, 0.15) is 0 Å². The third kappa shape index (κ3) is 5.50. The second-order valence-electron chi connectivity index (χ2n) is 4.43. The average molecular weight is 215 g/mol. The molecule has 1 fully saturated rings. The molecule has 1 aliphatic rings. The number of nitrogens with zero attached hydrogens (tertiary/aromatic N) is 1. The Morgan fingerprint density at radius 3 is 2.60 bits per heavy atom. The van der Waals surface area contributed by atoms with Gasteiger partial charge in [0, 0.05) is 19.7 Å². The summed E-state index contributed by atoms with van der Waals surface area (Å²) < 4.78 is 5.31. The van der Waals surface area contributed by atoms with Crippen molar-refractivity contribution < 1.29 is 9.84 Å². The molecule has 1 N–H and O–H groups in total. The lowest BCUT2D eigenvalue weighted by molar-refractivity contribution is 0.0362. The zero-order valence-corrected chi connectivity index (χ0v) is 9.95. The van der Waals surface area contributed by atoms with Crippen LogP contribution < -0.4 is 0 Å². The lowest BCUT2D eigenvalue weighted by Crippen LogP contribution is -2.37. The number of rotatable bonds is 7. The lowest BCUT2D eigenvalue weighted by Gasteiger charge is -2.27. The molecule has 0 spiro atoms. The first-order valence-electron chi connectivity index (χ1n) is 6.27. The summed E-state index contributed by atoms with van der Waals surface area (Å²) in [6.45, 7) is 7.65. The number of hydrogen-bond acceptors (Lipinski definition) is 3. The Hall–Kier alpha value is -0.120. The van der Waals surface area contributed by atoms with Crippen molar-refractivity contribution in [2.24, 2.45) is 5.92 Å². The second-order valence-corrected chi connectivity index (χ2v) is 4.43. The minimum Gasteiger partial charge on any atom is -0.396 e. The number of hydrogen-bond donors (Lipinski definition) is 1. The van der Waals surface area contributed by atoms with Gasteiger partial charge in [-0.3, -0.25) is 4.90 Å². The van der Waals surface area contributed by atoms with Crippen LogP contribution in [0.3, 0.4) is 0 Å². The van der Waals surface area contributed by atoms with E-state index < -0.39 is 0 Å². The van der Waals surface area contributed by atoms with Gasteiger partial charge in [0.2, 0.25) is 0 Å². The summed E-state index contributed by atoms with van der Waals surface area (Å²) in [7, 11) is 0. The van der Waals surface area contributed by atoms with Crippen molar-refractivity contribution in [2.75, 3.05) is 39.5 Å². The molecule has 1 saturated heterocycles. The smallest absolute Gasteiger partial charge is 0.0594 e. The van der Waals surface area contributed by atoms with Gasteiger partial charge in [0.05, 0.1) is 13.2 Å². The van der Waals surface area contributed by atoms with Crippen molar-refractivity contribution in [3.63, 3.8) is 0 Å². The molecule has 0 aromatic carbocycles. The van der Waals surface area contributed by atoms with E-state index in [1.165, 1.54) is 32.2 Å². The quantitative estimate of drug-likeness (QED) is 0.698. The summed E-state index contributed by atoms with van der Waals surface area (Å²) in [6.07, 6.45) is 4.73. The van der Waals surface area contributed by atoms with E-state index in [1.54, 1.807) is 0 Å². The molecular formula is C12H25NO2. The van der Waals surface area contributed by atoms with E-state index in [0.717, 1.165) is 26.3 Å². The van der Waals surface area contributed by atoms with Crippen LogP contribution in [-0.2, 0) is 4.74 Å². The summed E-state index contributed by atoms with van der Waals surface area (Å²) in [4.78, 5) is 2.46. The highest BCUT2D eigenvalue weighted by atomic mass is 16.5. The van der Waals surface area contributed by atoms with Crippen LogP contribution in [-0.4, -0.2) is 49.5 Å². The maximum Gasteiger partial charge on any atom is 0.0594 e. The van der Waals surface area contributed by atoms with Gasteiger partial charge < -0.3 is 9.84 Å². The van der Waals surface area contributed by atoms with Gasteiger partial charge in [0.25, 0.3) is 0 Å². The molecule has 0 saturated carbocycles. The van der Waals surface area contributed by atoms with Crippen molar-refractivity contribution in [3.8, 4) is 0 Å². The first-order valence-corrected chi connectivity index (χ1v) is 6.27. The molecule has 0 aromatic rings. The average Bonchev–Trinajstić information content (AvgIpc) is 2.29. The van der Waals surface area contributed by atoms with Crippen LogP contribution in [0.25, 0.3) is 0 Å². The molecule has 90 valence electrons. The van der Waals surface area contributed by atoms with E-state index in [4.69, 9.17) is 9.84 Å². The van der Waals surface area contributed by atoms with Crippen molar-refractivity contribution in [2.45, 2.75) is 32.6 Å². The molecule has 0 radical (unpaired) electrons. The van der Waals surface area contributed by atoms with Crippen molar-refractivity contribution in [3.05, 3.63) is 0 Å². The predicted octanol–water partition coefficient (Wildman–Crippen LogP) is 1.51. The van der Waals surface area contributed by atoms with Crippen molar-refractivity contribution in [1.82, 2.24) is 4.90 Å². The van der Waals surface area contributed by atoms with Gasteiger partial charge in [-0.25, -0.2) is 0 Å². The van der Waals surface area contributed by atoms with Crippen LogP contribution >= 0.6 is 0 Å². The Balaban J connectivity index is 2.03. The number of aliphatic hydroxyl groups is 1. The second kappa shape index (κ2) is 8.08. The fourth-order valence-electron chi connectivity index (χ4n) is 2.16. The van der Waals surface area contributed by atoms with Gasteiger partial charge in [0.15, 0.2) is 0 Å². The summed E-state index contributed by atoms with van der Waals surface area (Å²) >= 11 is 0. The summed E-state index contributed by atoms with van der Waals surface area (Å²) in [5.74, 6) is 0.524. The van der Waals surface area contributed by atoms with E-state index >= 15 is 0 Å². The molecule has 1 aliphatic heterocycles. The van der Waals surface area contributed by atoms with Gasteiger partial charge in [-0.1, -0.05) is 13.3 Å². The Morgan fingerprint density at radius 2 is 2.00 bits per heavy atom. The van der Waals surface area contributed by atoms with Gasteiger partial charge >= 0.3 is 0 Å². The third-order valence-electron chi connectivity index (χ3n) is 3.15. The Kier molecular flexibility index (Phi) is 6.98. The number of ether oxygens (including phenoxy) is 1. The molecule has 15 heavy (non-hydrogen) atoms. The lowest BCUT2D eigenvalue weighted by atomic mass is 9.99. The molecule has 3 heteroatoms. The fraction of sp³-hybridized carbons (Fsp3) is 1.00. The van der Waals surface area contributed by atoms with Crippen LogP contribution in [0, 0.1) is 5.92 Å². The molecule has 1 heterocycles. The Bertz CT molecular complexity index is 142. The largest absolute Gasteiger partial charge is 0.396 e. The minimum atomic E-state index is 0.358.